The van der Waals surface area contributed by atoms with E-state index < -0.39 is 0 Å². The minimum Gasteiger partial charge on any atom is -0.467 e. The van der Waals surface area contributed by atoms with E-state index in [9.17, 15) is 9.59 Å². The third kappa shape index (κ3) is 5.00. The zero-order chi connectivity index (χ0) is 20.1. The van der Waals surface area contributed by atoms with E-state index in [0.717, 1.165) is 11.3 Å². The quantitative estimate of drug-likeness (QED) is 0.758. The lowest BCUT2D eigenvalue weighted by Crippen LogP contribution is -2.38. The number of amides is 2. The summed E-state index contributed by atoms with van der Waals surface area (Å²) in [7, 11) is 0. The predicted molar refractivity (Wildman–Crippen MR) is 103 cm³/mol. The smallest absolute Gasteiger partial charge is 0.222 e. The second-order valence-electron chi connectivity index (χ2n) is 7.83. The minimum absolute atomic E-state index is 0.00972. The van der Waals surface area contributed by atoms with E-state index in [1.165, 1.54) is 6.33 Å². The Morgan fingerprint density at radius 1 is 1.21 bits per heavy atom. The van der Waals surface area contributed by atoms with Gasteiger partial charge in [-0.05, 0) is 36.0 Å². The number of furan rings is 1. The van der Waals surface area contributed by atoms with Crippen molar-refractivity contribution in [3.8, 4) is 0 Å². The number of aromatic nitrogens is 2. The molecule has 2 aliphatic rings. The predicted octanol–water partition coefficient (Wildman–Crippen LogP) is 1.43. The van der Waals surface area contributed by atoms with Crippen LogP contribution in [0.2, 0.25) is 0 Å². The number of nitrogens with zero attached hydrogens (tertiary/aromatic N) is 3. The number of rotatable bonds is 7. The van der Waals surface area contributed by atoms with Gasteiger partial charge >= 0.3 is 0 Å². The fourth-order valence-corrected chi connectivity index (χ4v) is 4.29. The maximum Gasteiger partial charge on any atom is 0.222 e. The molecule has 8 nitrogen and oxygen atoms in total. The third-order valence-corrected chi connectivity index (χ3v) is 5.84. The SMILES string of the molecule is O=C(C[C@@H]1COC[C@H]2CN(C(=O)CCc3cncnc3)C[C@@H]12)NCc1ccco1. The van der Waals surface area contributed by atoms with Gasteiger partial charge < -0.3 is 19.4 Å². The van der Waals surface area contributed by atoms with E-state index >= 15 is 0 Å². The average Bonchev–Trinajstić information content (AvgIpc) is 3.41. The van der Waals surface area contributed by atoms with Crippen molar-refractivity contribution in [3.63, 3.8) is 0 Å². The molecule has 154 valence electrons. The molecule has 8 heteroatoms. The van der Waals surface area contributed by atoms with Crippen LogP contribution in [0.15, 0.2) is 41.5 Å². The van der Waals surface area contributed by atoms with E-state index in [-0.39, 0.29) is 17.7 Å². The first-order valence-electron chi connectivity index (χ1n) is 10.1. The van der Waals surface area contributed by atoms with Gasteiger partial charge in [-0.1, -0.05) is 0 Å². The molecule has 2 amide bonds. The van der Waals surface area contributed by atoms with Crippen molar-refractivity contribution < 1.29 is 18.7 Å². The summed E-state index contributed by atoms with van der Waals surface area (Å²) >= 11 is 0. The Kier molecular flexibility index (Phi) is 6.19. The highest BCUT2D eigenvalue weighted by Gasteiger charge is 2.42. The lowest BCUT2D eigenvalue weighted by atomic mass is 9.81. The molecular formula is C21H26N4O4. The van der Waals surface area contributed by atoms with Crippen molar-refractivity contribution in [2.24, 2.45) is 17.8 Å². The van der Waals surface area contributed by atoms with Gasteiger partial charge in [-0.3, -0.25) is 9.59 Å². The standard InChI is InChI=1S/C21H26N4O4/c26-20(24-9-18-2-1-5-29-18)6-16-12-28-13-17-10-25(11-19(16)17)21(27)4-3-15-7-22-14-23-8-15/h1-2,5,7-8,14,16-17,19H,3-4,6,9-13H2,(H,24,26)/t16-,17-,19+/m1/s1. The van der Waals surface area contributed by atoms with Crippen molar-refractivity contribution in [1.29, 1.82) is 0 Å². The first kappa shape index (κ1) is 19.6. The van der Waals surface area contributed by atoms with Crippen LogP contribution in [0.5, 0.6) is 0 Å². The fourth-order valence-electron chi connectivity index (χ4n) is 4.29. The molecule has 0 spiro atoms. The molecule has 0 radical (unpaired) electrons. The largest absolute Gasteiger partial charge is 0.467 e. The number of hydrogen-bond acceptors (Lipinski definition) is 6. The van der Waals surface area contributed by atoms with Crippen molar-refractivity contribution in [3.05, 3.63) is 48.4 Å². The van der Waals surface area contributed by atoms with Gasteiger partial charge in [0.2, 0.25) is 11.8 Å². The van der Waals surface area contributed by atoms with E-state index in [0.29, 0.717) is 63.9 Å². The van der Waals surface area contributed by atoms with Crippen LogP contribution in [0, 0.1) is 17.8 Å². The Labute approximate surface area is 169 Å². The molecule has 2 aromatic rings. The highest BCUT2D eigenvalue weighted by atomic mass is 16.5. The van der Waals surface area contributed by atoms with Crippen LogP contribution in [0.25, 0.3) is 0 Å². The minimum atomic E-state index is -0.00972. The molecule has 2 saturated heterocycles. The van der Waals surface area contributed by atoms with Crippen molar-refractivity contribution in [1.82, 2.24) is 20.2 Å². The highest BCUT2D eigenvalue weighted by molar-refractivity contribution is 5.77. The number of fused-ring (bicyclic) bond motifs is 1. The molecule has 0 aliphatic carbocycles. The van der Waals surface area contributed by atoms with E-state index in [1.54, 1.807) is 24.7 Å². The van der Waals surface area contributed by atoms with E-state index in [1.807, 2.05) is 11.0 Å². The lowest BCUT2D eigenvalue weighted by molar-refractivity contribution is -0.130. The topological polar surface area (TPSA) is 97.6 Å². The normalized spacial score (nSPS) is 23.6. The molecule has 1 N–H and O–H groups in total. The molecule has 0 aromatic carbocycles. The van der Waals surface area contributed by atoms with Crippen LogP contribution in [0.1, 0.15) is 24.2 Å². The molecule has 0 unspecified atom stereocenters. The van der Waals surface area contributed by atoms with Crippen LogP contribution < -0.4 is 5.32 Å². The summed E-state index contributed by atoms with van der Waals surface area (Å²) in [6.45, 7) is 3.03. The summed E-state index contributed by atoms with van der Waals surface area (Å²) < 4.78 is 11.0. The third-order valence-electron chi connectivity index (χ3n) is 5.84. The fraction of sp³-hybridized carbons (Fsp3) is 0.524. The van der Waals surface area contributed by atoms with Gasteiger partial charge in [-0.25, -0.2) is 9.97 Å². The molecule has 29 heavy (non-hydrogen) atoms. The Morgan fingerprint density at radius 2 is 2.07 bits per heavy atom. The zero-order valence-electron chi connectivity index (χ0n) is 16.3. The summed E-state index contributed by atoms with van der Waals surface area (Å²) in [5, 5.41) is 2.90. The Hall–Kier alpha value is -2.74. The zero-order valence-corrected chi connectivity index (χ0v) is 16.3. The monoisotopic (exact) mass is 398 g/mol. The molecule has 0 saturated carbocycles. The molecule has 3 atom stereocenters. The molecule has 2 fully saturated rings. The first-order chi connectivity index (χ1) is 14.2. The number of carbonyl (C=O) groups is 2. The van der Waals surface area contributed by atoms with Crippen LogP contribution in [0.3, 0.4) is 0 Å². The first-order valence-corrected chi connectivity index (χ1v) is 10.1. The van der Waals surface area contributed by atoms with Crippen molar-refractivity contribution in [2.45, 2.75) is 25.8 Å². The van der Waals surface area contributed by atoms with Gasteiger partial charge in [0.1, 0.15) is 12.1 Å². The summed E-state index contributed by atoms with van der Waals surface area (Å²) in [5.41, 5.74) is 0.965. The number of aryl methyl sites for hydroxylation is 1. The summed E-state index contributed by atoms with van der Waals surface area (Å²) in [4.78, 5) is 35.0. The second-order valence-corrected chi connectivity index (χ2v) is 7.83. The number of hydrogen-bond donors (Lipinski definition) is 1. The van der Waals surface area contributed by atoms with Gasteiger partial charge in [0.25, 0.3) is 0 Å². The highest BCUT2D eigenvalue weighted by Crippen LogP contribution is 2.36. The number of carbonyl (C=O) groups excluding carboxylic acids is 2. The summed E-state index contributed by atoms with van der Waals surface area (Å²) in [6.07, 6.45) is 8.07. The lowest BCUT2D eigenvalue weighted by Gasteiger charge is -2.32. The van der Waals surface area contributed by atoms with Gasteiger partial charge in [0.05, 0.1) is 26.0 Å². The van der Waals surface area contributed by atoms with Crippen molar-refractivity contribution >= 4 is 11.8 Å². The van der Waals surface area contributed by atoms with Gasteiger partial charge in [-0.15, -0.1) is 0 Å². The molecule has 2 aliphatic heterocycles. The maximum absolute atomic E-state index is 12.7. The van der Waals surface area contributed by atoms with Crippen LogP contribution >= 0.6 is 0 Å². The Bertz CT molecular complexity index is 811. The molecule has 2 aromatic heterocycles. The Balaban J connectivity index is 1.27. The molecule has 0 bridgehead atoms. The maximum atomic E-state index is 12.7. The Morgan fingerprint density at radius 3 is 2.86 bits per heavy atom. The summed E-state index contributed by atoms with van der Waals surface area (Å²) in [5.74, 6) is 1.61. The van der Waals surface area contributed by atoms with Crippen LogP contribution in [-0.2, 0) is 27.3 Å². The van der Waals surface area contributed by atoms with Gasteiger partial charge in [0, 0.05) is 44.2 Å². The number of nitrogens with one attached hydrogen (secondary N) is 1. The van der Waals surface area contributed by atoms with Crippen molar-refractivity contribution in [2.75, 3.05) is 26.3 Å². The molecular weight excluding hydrogens is 372 g/mol. The average molecular weight is 398 g/mol. The second kappa shape index (κ2) is 9.17. The molecule has 4 heterocycles. The van der Waals surface area contributed by atoms with Gasteiger partial charge in [0.15, 0.2) is 0 Å². The summed E-state index contributed by atoms with van der Waals surface area (Å²) in [6, 6.07) is 3.64. The van der Waals surface area contributed by atoms with E-state index in [4.69, 9.17) is 9.15 Å². The molecule has 4 rings (SSSR count). The van der Waals surface area contributed by atoms with Gasteiger partial charge in [-0.2, -0.15) is 0 Å². The number of likely N-dealkylation sites (tertiary alicyclic amines) is 1. The number of ether oxygens (including phenoxy) is 1. The van der Waals surface area contributed by atoms with Crippen LogP contribution in [-0.4, -0.2) is 53.0 Å². The van der Waals surface area contributed by atoms with E-state index in [2.05, 4.69) is 15.3 Å². The van der Waals surface area contributed by atoms with Crippen LogP contribution in [0.4, 0.5) is 0 Å².